The van der Waals surface area contributed by atoms with Gasteiger partial charge < -0.3 is 10.5 Å². The Bertz CT molecular complexity index is 256. The highest BCUT2D eigenvalue weighted by molar-refractivity contribution is 5.32. The van der Waals surface area contributed by atoms with E-state index in [-0.39, 0.29) is 12.1 Å². The van der Waals surface area contributed by atoms with Gasteiger partial charge in [-0.15, -0.1) is 0 Å². The van der Waals surface area contributed by atoms with Crippen LogP contribution in [-0.4, -0.2) is 6.61 Å². The molecular formula is C10H13NO. The highest BCUT2D eigenvalue weighted by Gasteiger charge is 2.21. The van der Waals surface area contributed by atoms with E-state index in [1.54, 1.807) is 0 Å². The summed E-state index contributed by atoms with van der Waals surface area (Å²) < 4.78 is 5.49. The van der Waals surface area contributed by atoms with Gasteiger partial charge in [0.15, 0.2) is 0 Å². The van der Waals surface area contributed by atoms with Crippen molar-refractivity contribution >= 4 is 0 Å². The van der Waals surface area contributed by atoms with Crippen LogP contribution in [0.4, 0.5) is 0 Å². The number of nitrogens with two attached hydrogens (primary N) is 1. The zero-order valence-corrected chi connectivity index (χ0v) is 7.16. The zero-order chi connectivity index (χ0) is 8.55. The number of fused-ring (bicyclic) bond motifs is 1. The minimum atomic E-state index is 0.0531. The van der Waals surface area contributed by atoms with Crippen LogP contribution in [0.5, 0.6) is 0 Å². The second-order valence-electron chi connectivity index (χ2n) is 3.21. The summed E-state index contributed by atoms with van der Waals surface area (Å²) in [6, 6.07) is 8.27. The van der Waals surface area contributed by atoms with Gasteiger partial charge in [0.05, 0.1) is 18.8 Å². The molecule has 1 heterocycles. The molecule has 2 atom stereocenters. The third-order valence-electron chi connectivity index (χ3n) is 2.36. The Hall–Kier alpha value is -0.860. The van der Waals surface area contributed by atoms with Crippen molar-refractivity contribution < 1.29 is 4.74 Å². The first-order valence-electron chi connectivity index (χ1n) is 4.25. The molecule has 0 aliphatic carbocycles. The summed E-state index contributed by atoms with van der Waals surface area (Å²) in [4.78, 5) is 0. The van der Waals surface area contributed by atoms with Gasteiger partial charge in [0.1, 0.15) is 0 Å². The standard InChI is InChI=1S/C10H13NO/c1-7-8-4-2-3-5-9(8)10(11)6-12-7/h2-5,7,10H,6,11H2,1H3/t7-,10?/m0/s1. The number of ether oxygens (including phenoxy) is 1. The van der Waals surface area contributed by atoms with Gasteiger partial charge in [-0.25, -0.2) is 0 Å². The lowest BCUT2D eigenvalue weighted by Crippen LogP contribution is -2.25. The first kappa shape index (κ1) is 7.77. The third-order valence-corrected chi connectivity index (χ3v) is 2.36. The van der Waals surface area contributed by atoms with Gasteiger partial charge in [-0.2, -0.15) is 0 Å². The Kier molecular flexibility index (Phi) is 1.87. The van der Waals surface area contributed by atoms with Crippen LogP contribution in [0.3, 0.4) is 0 Å². The molecule has 1 unspecified atom stereocenters. The third kappa shape index (κ3) is 1.13. The Morgan fingerprint density at radius 1 is 1.33 bits per heavy atom. The van der Waals surface area contributed by atoms with Crippen LogP contribution in [-0.2, 0) is 4.74 Å². The molecular weight excluding hydrogens is 150 g/mol. The fourth-order valence-electron chi connectivity index (χ4n) is 1.65. The van der Waals surface area contributed by atoms with Crippen LogP contribution in [0, 0.1) is 0 Å². The van der Waals surface area contributed by atoms with Gasteiger partial charge in [-0.05, 0) is 18.1 Å². The maximum atomic E-state index is 5.88. The van der Waals surface area contributed by atoms with Gasteiger partial charge >= 0.3 is 0 Å². The molecule has 0 spiro atoms. The molecule has 0 radical (unpaired) electrons. The van der Waals surface area contributed by atoms with E-state index in [4.69, 9.17) is 10.5 Å². The fourth-order valence-corrected chi connectivity index (χ4v) is 1.65. The van der Waals surface area contributed by atoms with Crippen LogP contribution in [0.2, 0.25) is 0 Å². The zero-order valence-electron chi connectivity index (χ0n) is 7.16. The first-order valence-corrected chi connectivity index (χ1v) is 4.25. The summed E-state index contributed by atoms with van der Waals surface area (Å²) in [6.07, 6.45) is 0.195. The van der Waals surface area contributed by atoms with E-state index in [0.717, 1.165) is 0 Å². The molecule has 12 heavy (non-hydrogen) atoms. The molecule has 2 rings (SSSR count). The molecule has 0 bridgehead atoms. The number of rotatable bonds is 0. The van der Waals surface area contributed by atoms with Gasteiger partial charge in [0.2, 0.25) is 0 Å². The normalized spacial score (nSPS) is 28.2. The van der Waals surface area contributed by atoms with E-state index < -0.39 is 0 Å². The molecule has 1 aromatic rings. The summed E-state index contributed by atoms with van der Waals surface area (Å²) in [5, 5.41) is 0. The summed E-state index contributed by atoms with van der Waals surface area (Å²) in [5.41, 5.74) is 8.35. The van der Waals surface area contributed by atoms with Crippen LogP contribution in [0.15, 0.2) is 24.3 Å². The van der Waals surface area contributed by atoms with Gasteiger partial charge in [-0.1, -0.05) is 24.3 Å². The monoisotopic (exact) mass is 163 g/mol. The molecule has 0 saturated carbocycles. The minimum Gasteiger partial charge on any atom is -0.372 e. The molecule has 2 nitrogen and oxygen atoms in total. The summed E-state index contributed by atoms with van der Waals surface area (Å²) >= 11 is 0. The Morgan fingerprint density at radius 3 is 2.67 bits per heavy atom. The lowest BCUT2D eigenvalue weighted by atomic mass is 9.95. The number of benzene rings is 1. The first-order chi connectivity index (χ1) is 5.79. The van der Waals surface area contributed by atoms with Gasteiger partial charge in [0, 0.05) is 0 Å². The quantitative estimate of drug-likeness (QED) is 0.632. The van der Waals surface area contributed by atoms with Crippen molar-refractivity contribution in [1.29, 1.82) is 0 Å². The Labute approximate surface area is 72.3 Å². The van der Waals surface area contributed by atoms with Crippen molar-refractivity contribution in [2.75, 3.05) is 6.61 Å². The summed E-state index contributed by atoms with van der Waals surface area (Å²) in [5.74, 6) is 0. The van der Waals surface area contributed by atoms with Gasteiger partial charge in [-0.3, -0.25) is 0 Å². The molecule has 0 saturated heterocycles. The molecule has 1 aliphatic rings. The Balaban J connectivity index is 2.47. The van der Waals surface area contributed by atoms with E-state index >= 15 is 0 Å². The van der Waals surface area contributed by atoms with E-state index in [2.05, 4.69) is 19.1 Å². The molecule has 1 aliphatic heterocycles. The summed E-state index contributed by atoms with van der Waals surface area (Å²) in [7, 11) is 0. The topological polar surface area (TPSA) is 35.2 Å². The van der Waals surface area contributed by atoms with Crippen LogP contribution in [0.1, 0.15) is 30.2 Å². The second kappa shape index (κ2) is 2.88. The highest BCUT2D eigenvalue weighted by Crippen LogP contribution is 2.30. The van der Waals surface area contributed by atoms with E-state index in [1.165, 1.54) is 11.1 Å². The molecule has 0 amide bonds. The maximum Gasteiger partial charge on any atom is 0.0801 e. The predicted molar refractivity (Wildman–Crippen MR) is 47.7 cm³/mol. The molecule has 0 fully saturated rings. The number of hydrogen-bond acceptors (Lipinski definition) is 2. The average molecular weight is 163 g/mol. The van der Waals surface area contributed by atoms with E-state index in [1.807, 2.05) is 12.1 Å². The lowest BCUT2D eigenvalue weighted by molar-refractivity contribution is 0.0408. The smallest absolute Gasteiger partial charge is 0.0801 e. The van der Waals surface area contributed by atoms with Crippen LogP contribution in [0.25, 0.3) is 0 Å². The van der Waals surface area contributed by atoms with Crippen molar-refractivity contribution in [1.82, 2.24) is 0 Å². The minimum absolute atomic E-state index is 0.0531. The van der Waals surface area contributed by atoms with Crippen LogP contribution >= 0.6 is 0 Å². The largest absolute Gasteiger partial charge is 0.372 e. The van der Waals surface area contributed by atoms with Crippen molar-refractivity contribution in [2.24, 2.45) is 5.73 Å². The van der Waals surface area contributed by atoms with Crippen molar-refractivity contribution in [3.05, 3.63) is 35.4 Å². The van der Waals surface area contributed by atoms with Crippen molar-refractivity contribution in [2.45, 2.75) is 19.1 Å². The second-order valence-corrected chi connectivity index (χ2v) is 3.21. The van der Waals surface area contributed by atoms with Crippen LogP contribution < -0.4 is 5.73 Å². The maximum absolute atomic E-state index is 5.88. The molecule has 1 aromatic carbocycles. The van der Waals surface area contributed by atoms with E-state index in [0.29, 0.717) is 6.61 Å². The number of hydrogen-bond donors (Lipinski definition) is 1. The lowest BCUT2D eigenvalue weighted by Gasteiger charge is -2.27. The van der Waals surface area contributed by atoms with Gasteiger partial charge in [0.25, 0.3) is 0 Å². The molecule has 0 aromatic heterocycles. The average Bonchev–Trinajstić information content (AvgIpc) is 2.12. The van der Waals surface area contributed by atoms with Crippen molar-refractivity contribution in [3.8, 4) is 0 Å². The SMILES string of the molecule is C[C@@H]1OCC(N)c2ccccc21. The summed E-state index contributed by atoms with van der Waals surface area (Å²) in [6.45, 7) is 2.70. The predicted octanol–water partition coefficient (Wildman–Crippen LogP) is 1.78. The van der Waals surface area contributed by atoms with Crippen molar-refractivity contribution in [3.63, 3.8) is 0 Å². The molecule has 2 heteroatoms. The fraction of sp³-hybridized carbons (Fsp3) is 0.400. The van der Waals surface area contributed by atoms with E-state index in [9.17, 15) is 0 Å². The molecule has 64 valence electrons. The highest BCUT2D eigenvalue weighted by atomic mass is 16.5. The Morgan fingerprint density at radius 2 is 2.00 bits per heavy atom. The molecule has 2 N–H and O–H groups in total.